The normalized spacial score (nSPS) is 15.5. The van der Waals surface area contributed by atoms with E-state index in [4.69, 9.17) is 39.9 Å². The Hall–Kier alpha value is -17.8. The quantitative estimate of drug-likeness (QED) is 0.0171. The molecule has 6 aliphatic heterocycles. The number of nitrogens with one attached hydrogen (secondary N) is 6. The van der Waals surface area contributed by atoms with Gasteiger partial charge in [-0.15, -0.1) is 0 Å². The molecule has 0 fully saturated rings. The van der Waals surface area contributed by atoms with Gasteiger partial charge >= 0.3 is 17.9 Å². The Kier molecular flexibility index (Phi) is 31.5. The van der Waals surface area contributed by atoms with Crippen LogP contribution in [0, 0.1) is 0 Å². The maximum atomic E-state index is 12.9. The zero-order valence-electron chi connectivity index (χ0n) is 75.1. The lowest BCUT2D eigenvalue weighted by Gasteiger charge is -2.33. The smallest absolute Gasteiger partial charge is 0.337 e. The molecule has 0 saturated heterocycles. The lowest BCUT2D eigenvalue weighted by molar-refractivity contribution is -0.126. The summed E-state index contributed by atoms with van der Waals surface area (Å²) in [6.07, 6.45) is 0.981. The number of rotatable bonds is 18. The first-order valence-electron chi connectivity index (χ1n) is 43.6. The number of amides is 8. The van der Waals surface area contributed by atoms with E-state index in [0.717, 1.165) is 56.4 Å². The molecule has 0 aliphatic carbocycles. The monoisotopic (exact) mass is 1840 g/mol. The second-order valence-electron chi connectivity index (χ2n) is 31.2. The number of hydrogen-bond acceptors (Lipinski definition) is 22. The zero-order valence-corrected chi connectivity index (χ0v) is 75.1. The molecule has 0 spiro atoms. The van der Waals surface area contributed by atoms with Crippen molar-refractivity contribution in [3.63, 3.8) is 0 Å². The van der Waals surface area contributed by atoms with Crippen molar-refractivity contribution in [2.75, 3.05) is 94.2 Å². The average molecular weight is 1840 g/mol. The van der Waals surface area contributed by atoms with Gasteiger partial charge in [-0.2, -0.15) is 0 Å². The topological polar surface area (TPSA) is 402 Å². The third-order valence-corrected chi connectivity index (χ3v) is 22.0. The third kappa shape index (κ3) is 24.5. The van der Waals surface area contributed by atoms with Crippen molar-refractivity contribution >= 4 is 128 Å². The number of benzene rings is 13. The number of nitrogens with zero attached hydrogens (tertiary/aromatic N) is 2. The van der Waals surface area contributed by atoms with Gasteiger partial charge in [-0.1, -0.05) is 158 Å². The van der Waals surface area contributed by atoms with Crippen LogP contribution in [0.2, 0.25) is 0 Å². The Morgan fingerprint density at radius 3 is 1.06 bits per heavy atom. The molecule has 0 radical (unpaired) electrons. The highest BCUT2D eigenvalue weighted by Gasteiger charge is 2.37. The molecular weight excluding hydrogens is 1750 g/mol. The number of hydrogen-bond donors (Lipinski definition) is 8. The largest absolute Gasteiger partial charge is 0.482 e. The lowest BCUT2D eigenvalue weighted by Crippen LogP contribution is -2.46. The first-order chi connectivity index (χ1) is 66.5. The SMILES string of the molecule is CCN1C(=O)C(Cc2ccc(C(=O)Nc3ccccc3N)cc2)Oc2ccccc21.CCN1C(=O)C(Cc2ccc(C(=O)OC)cc2)Oc2ccccc21.COC(=O)c1ccc(/C=C2\Oc3ccccc3NC2=O)cc1.COC(=O)c1ccc(CC2Oc3ccccc3NC2=O)cc1.Nc1ccccc1NC(=O)c1ccc(CC2Oc3ccccc3NC2=O)cc1.O=C1COc2ccccc2N1. The summed E-state index contributed by atoms with van der Waals surface area (Å²) < 4.78 is 48.1. The molecule has 0 saturated carbocycles. The van der Waals surface area contributed by atoms with Crippen molar-refractivity contribution in [3.8, 4) is 34.5 Å². The van der Waals surface area contributed by atoms with Crippen LogP contribution in [0.25, 0.3) is 6.08 Å². The fourth-order valence-corrected chi connectivity index (χ4v) is 14.9. The summed E-state index contributed by atoms with van der Waals surface area (Å²) in [7, 11) is 4.02. The fraction of sp³-hybridized carbons (Fsp3) is 0.150. The first kappa shape index (κ1) is 95.3. The van der Waals surface area contributed by atoms with E-state index in [0.29, 0.717) is 129 Å². The predicted octanol–water partition coefficient (Wildman–Crippen LogP) is 16.4. The molecule has 694 valence electrons. The van der Waals surface area contributed by atoms with Crippen LogP contribution < -0.4 is 81.6 Å². The summed E-state index contributed by atoms with van der Waals surface area (Å²) in [6.45, 7) is 5.19. The van der Waals surface area contributed by atoms with E-state index in [1.165, 1.54) is 21.3 Å². The zero-order chi connectivity index (χ0) is 96.4. The van der Waals surface area contributed by atoms with Crippen molar-refractivity contribution in [3.05, 3.63) is 377 Å². The summed E-state index contributed by atoms with van der Waals surface area (Å²) >= 11 is 0. The Morgan fingerprint density at radius 1 is 0.358 bits per heavy atom. The number of methoxy groups -OCH3 is 3. The van der Waals surface area contributed by atoms with Gasteiger partial charge < -0.3 is 95.8 Å². The molecule has 4 atom stereocenters. The molecule has 10 N–H and O–H groups in total. The van der Waals surface area contributed by atoms with Gasteiger partial charge in [0.25, 0.3) is 47.3 Å². The van der Waals surface area contributed by atoms with Gasteiger partial charge in [0.1, 0.15) is 28.7 Å². The number of carbonyl (C=O) groups excluding carboxylic acids is 11. The molecule has 8 amide bonds. The molecule has 30 heteroatoms. The van der Waals surface area contributed by atoms with E-state index in [1.807, 2.05) is 196 Å². The summed E-state index contributed by atoms with van der Waals surface area (Å²) in [4.78, 5) is 135. The summed E-state index contributed by atoms with van der Waals surface area (Å²) in [5.41, 5.74) is 25.1. The van der Waals surface area contributed by atoms with E-state index in [2.05, 4.69) is 46.1 Å². The van der Waals surface area contributed by atoms with Crippen molar-refractivity contribution in [1.29, 1.82) is 0 Å². The van der Waals surface area contributed by atoms with Crippen molar-refractivity contribution in [1.82, 2.24) is 0 Å². The van der Waals surface area contributed by atoms with E-state index in [9.17, 15) is 52.7 Å². The number of nitrogen functional groups attached to an aromatic ring is 2. The van der Waals surface area contributed by atoms with E-state index >= 15 is 0 Å². The van der Waals surface area contributed by atoms with Crippen LogP contribution in [0.5, 0.6) is 34.5 Å². The molecule has 0 aromatic heterocycles. The second kappa shape index (κ2) is 45.3. The van der Waals surface area contributed by atoms with Gasteiger partial charge in [-0.25, -0.2) is 14.4 Å². The Bertz CT molecular complexity index is 6640. The maximum absolute atomic E-state index is 12.9. The number of carbonyl (C=O) groups is 11. The molecule has 137 heavy (non-hydrogen) atoms. The van der Waals surface area contributed by atoms with Crippen LogP contribution >= 0.6 is 0 Å². The second-order valence-corrected chi connectivity index (χ2v) is 31.2. The number of nitrogens with two attached hydrogens (primary N) is 2. The van der Waals surface area contributed by atoms with Gasteiger partial charge in [0, 0.05) is 49.9 Å². The molecular formula is C107H96N10O20. The van der Waals surface area contributed by atoms with Crippen LogP contribution in [0.3, 0.4) is 0 Å². The van der Waals surface area contributed by atoms with Crippen LogP contribution in [-0.4, -0.2) is 131 Å². The van der Waals surface area contributed by atoms with Crippen LogP contribution in [-0.2, 0) is 68.7 Å². The number of ether oxygens (including phenoxy) is 9. The molecule has 6 aliphatic rings. The van der Waals surface area contributed by atoms with Gasteiger partial charge in [0.15, 0.2) is 42.5 Å². The summed E-state index contributed by atoms with van der Waals surface area (Å²) in [5.74, 6) is 1.78. The molecule has 30 nitrogen and oxygen atoms in total. The van der Waals surface area contributed by atoms with Crippen molar-refractivity contribution in [2.24, 2.45) is 0 Å². The van der Waals surface area contributed by atoms with Gasteiger partial charge in [-0.3, -0.25) is 38.4 Å². The number of anilines is 10. The minimum absolute atomic E-state index is 0.0479. The molecule has 13 aromatic rings. The number of esters is 3. The highest BCUT2D eigenvalue weighted by molar-refractivity contribution is 6.10. The predicted molar refractivity (Wildman–Crippen MR) is 520 cm³/mol. The minimum Gasteiger partial charge on any atom is -0.482 e. The molecule has 13 aromatic carbocycles. The minimum atomic E-state index is -0.612. The highest BCUT2D eigenvalue weighted by Crippen LogP contribution is 2.39. The van der Waals surface area contributed by atoms with Gasteiger partial charge in [-0.05, 0) is 205 Å². The molecule has 19 rings (SSSR count). The van der Waals surface area contributed by atoms with Crippen molar-refractivity contribution in [2.45, 2.75) is 63.9 Å². The molecule has 6 heterocycles. The van der Waals surface area contributed by atoms with E-state index in [1.54, 1.807) is 149 Å². The summed E-state index contributed by atoms with van der Waals surface area (Å²) in [5, 5.41) is 16.7. The molecule has 4 unspecified atom stereocenters. The Balaban J connectivity index is 0.000000134. The van der Waals surface area contributed by atoms with E-state index < -0.39 is 30.4 Å². The van der Waals surface area contributed by atoms with Gasteiger partial charge in [0.2, 0.25) is 0 Å². The maximum Gasteiger partial charge on any atom is 0.337 e. The Labute approximate surface area is 788 Å². The Morgan fingerprint density at radius 2 is 0.672 bits per heavy atom. The third-order valence-electron chi connectivity index (χ3n) is 22.0. The lowest BCUT2D eigenvalue weighted by atomic mass is 10.0. The highest BCUT2D eigenvalue weighted by atomic mass is 16.5. The van der Waals surface area contributed by atoms with Crippen LogP contribution in [0.4, 0.5) is 56.9 Å². The molecule has 0 bridgehead atoms. The fourth-order valence-electron chi connectivity index (χ4n) is 14.9. The number of para-hydroxylation sites is 16. The number of likely N-dealkylation sites (N-methyl/N-ethyl adjacent to an activating group) is 2. The van der Waals surface area contributed by atoms with E-state index in [-0.39, 0.29) is 71.6 Å². The number of fused-ring (bicyclic) bond motifs is 6. The van der Waals surface area contributed by atoms with Crippen LogP contribution in [0.15, 0.2) is 321 Å². The van der Waals surface area contributed by atoms with Crippen molar-refractivity contribution < 1.29 is 95.4 Å². The van der Waals surface area contributed by atoms with Gasteiger partial charge in [0.05, 0.1) is 94.9 Å². The summed E-state index contributed by atoms with van der Waals surface area (Å²) in [6, 6.07) is 93.5. The average Bonchev–Trinajstić information content (AvgIpc) is 0.784. The van der Waals surface area contributed by atoms with Crippen LogP contribution in [0.1, 0.15) is 93.5 Å². The standard InChI is InChI=1S/C24H23N3O3.C22H19N3O3.C19H19NO4.C17H15NO4.C17H13NO4.C8H7NO2/c1-2-27-20-9-5-6-10-21(20)30-22(24(27)29)15-16-11-13-17(14-12-16)23(28)26-19-8-4-3-7-18(19)25;23-16-5-1-2-6-17(16)24-21(26)15-11-9-14(10-12-15)13-20-22(27)25-18-7-3-4-8-19(18)28-20;1-3-20-15-6-4-5-7-16(15)24-17(18(20)21)12-13-8-10-14(11-9-13)19(22)23-2;2*1-21-17(20)12-8-6-11(7-9-12)10-15-16(19)18-13-4-2-3-5-14(13)22-15;10-8-5-11-7-4-2-1-3-6(7)9-8/h3-14,22H,2,15,25H2,1H3,(H,26,28);1-12,20H,13,23H2,(H,24,26)(H,25,27);4-11,17H,3,12H2,1-2H3;2-9,15H,10H2,1H3,(H,18,19);2-10H,1H3,(H,18,19);1-4H,5H2,(H,9,10)/b;;;;15-10-;. The first-order valence-corrected chi connectivity index (χ1v) is 43.6.